The molecule has 2 atom stereocenters. The maximum absolute atomic E-state index is 6.30. The molecule has 0 aromatic carbocycles. The van der Waals surface area contributed by atoms with Gasteiger partial charge in [-0.25, -0.2) is 0 Å². The van der Waals surface area contributed by atoms with Crippen LogP contribution < -0.4 is 5.73 Å². The molecule has 4 nitrogen and oxygen atoms in total. The molecule has 2 N–H and O–H groups in total. The predicted octanol–water partition coefficient (Wildman–Crippen LogP) is 3.88. The first kappa shape index (κ1) is 14.1. The van der Waals surface area contributed by atoms with Gasteiger partial charge in [0.2, 0.25) is 5.89 Å². The van der Waals surface area contributed by atoms with E-state index in [1.165, 1.54) is 57.8 Å². The molecule has 1 aromatic heterocycles. The second-order valence-corrected chi connectivity index (χ2v) is 6.59. The first-order chi connectivity index (χ1) is 9.84. The van der Waals surface area contributed by atoms with E-state index in [1.54, 1.807) is 0 Å². The fourth-order valence-electron chi connectivity index (χ4n) is 3.74. The summed E-state index contributed by atoms with van der Waals surface area (Å²) in [6.45, 7) is 0. The zero-order chi connectivity index (χ0) is 13.8. The summed E-state index contributed by atoms with van der Waals surface area (Å²) in [6, 6.07) is 0.194. The van der Waals surface area contributed by atoms with Crippen molar-refractivity contribution in [1.29, 1.82) is 0 Å². The van der Waals surface area contributed by atoms with Crippen LogP contribution in [0, 0.1) is 0 Å². The van der Waals surface area contributed by atoms with Gasteiger partial charge in [-0.3, -0.25) is 0 Å². The van der Waals surface area contributed by atoms with Gasteiger partial charge in [-0.05, 0) is 25.7 Å². The third-order valence-corrected chi connectivity index (χ3v) is 5.06. The summed E-state index contributed by atoms with van der Waals surface area (Å²) in [5.41, 5.74) is 6.30. The van der Waals surface area contributed by atoms with Crippen LogP contribution in [0.3, 0.4) is 0 Å². The van der Waals surface area contributed by atoms with E-state index in [-0.39, 0.29) is 12.0 Å². The molecular formula is C16H27N3O. The van der Waals surface area contributed by atoms with Gasteiger partial charge in [0, 0.05) is 12.0 Å². The Morgan fingerprint density at radius 1 is 0.850 bits per heavy atom. The molecule has 1 heterocycles. The average Bonchev–Trinajstić information content (AvgIpc) is 2.66. The summed E-state index contributed by atoms with van der Waals surface area (Å²) in [5.74, 6) is 2.54. The summed E-state index contributed by atoms with van der Waals surface area (Å²) in [6.07, 6.45) is 13.7. The Labute approximate surface area is 121 Å². The number of rotatable bonds is 2. The fraction of sp³-hybridized carbons (Fsp3) is 0.875. The topological polar surface area (TPSA) is 64.9 Å². The molecule has 0 saturated heterocycles. The second-order valence-electron chi connectivity index (χ2n) is 6.59. The van der Waals surface area contributed by atoms with E-state index in [0.29, 0.717) is 5.92 Å². The molecule has 20 heavy (non-hydrogen) atoms. The largest absolute Gasteiger partial charge is 0.339 e. The molecule has 1 aromatic rings. The van der Waals surface area contributed by atoms with Crippen LogP contribution >= 0.6 is 0 Å². The quantitative estimate of drug-likeness (QED) is 0.833. The van der Waals surface area contributed by atoms with Crippen molar-refractivity contribution in [3.63, 3.8) is 0 Å². The molecule has 0 bridgehead atoms. The molecule has 2 saturated carbocycles. The Morgan fingerprint density at radius 3 is 2.30 bits per heavy atom. The summed E-state index contributed by atoms with van der Waals surface area (Å²) >= 11 is 0. The molecule has 3 rings (SSSR count). The van der Waals surface area contributed by atoms with Crippen molar-refractivity contribution in [2.24, 2.45) is 5.73 Å². The molecule has 112 valence electrons. The minimum atomic E-state index is 0.194. The van der Waals surface area contributed by atoms with Crippen LogP contribution in [-0.2, 0) is 0 Å². The van der Waals surface area contributed by atoms with Crippen LogP contribution in [0.4, 0.5) is 0 Å². The highest BCUT2D eigenvalue weighted by Gasteiger charge is 2.28. The Morgan fingerprint density at radius 2 is 1.50 bits per heavy atom. The summed E-state index contributed by atoms with van der Waals surface area (Å²) in [7, 11) is 0. The fourth-order valence-corrected chi connectivity index (χ4v) is 3.74. The van der Waals surface area contributed by atoms with E-state index in [0.717, 1.165) is 24.6 Å². The first-order valence-electron chi connectivity index (χ1n) is 8.43. The molecule has 0 amide bonds. The third kappa shape index (κ3) is 3.22. The Balaban J connectivity index is 1.71. The number of hydrogen-bond acceptors (Lipinski definition) is 4. The van der Waals surface area contributed by atoms with E-state index >= 15 is 0 Å². The maximum atomic E-state index is 6.30. The van der Waals surface area contributed by atoms with E-state index in [9.17, 15) is 0 Å². The smallest absolute Gasteiger partial charge is 0.231 e. The highest BCUT2D eigenvalue weighted by atomic mass is 16.5. The molecule has 2 aliphatic rings. The van der Waals surface area contributed by atoms with Crippen LogP contribution in [-0.4, -0.2) is 16.2 Å². The number of nitrogens with zero attached hydrogens (tertiary/aromatic N) is 2. The molecule has 2 unspecified atom stereocenters. The lowest BCUT2D eigenvalue weighted by Crippen LogP contribution is -2.27. The van der Waals surface area contributed by atoms with Crippen LogP contribution in [0.2, 0.25) is 0 Å². The molecule has 0 spiro atoms. The number of aromatic nitrogens is 2. The summed E-state index contributed by atoms with van der Waals surface area (Å²) < 4.78 is 5.58. The molecule has 2 aliphatic carbocycles. The normalized spacial score (nSPS) is 29.9. The van der Waals surface area contributed by atoms with Crippen molar-refractivity contribution in [3.8, 4) is 0 Å². The zero-order valence-electron chi connectivity index (χ0n) is 12.4. The predicted molar refractivity (Wildman–Crippen MR) is 78.5 cm³/mol. The monoisotopic (exact) mass is 277 g/mol. The molecule has 2 fully saturated rings. The molecule has 4 heteroatoms. The van der Waals surface area contributed by atoms with Gasteiger partial charge in [-0.15, -0.1) is 0 Å². The number of hydrogen-bond donors (Lipinski definition) is 1. The number of nitrogens with two attached hydrogens (primary N) is 1. The van der Waals surface area contributed by atoms with Gasteiger partial charge in [-0.1, -0.05) is 50.1 Å². The van der Waals surface area contributed by atoms with Crippen LogP contribution in [0.25, 0.3) is 0 Å². The molecule has 0 radical (unpaired) electrons. The summed E-state index contributed by atoms with van der Waals surface area (Å²) in [5, 5.41) is 4.28. The lowest BCUT2D eigenvalue weighted by molar-refractivity contribution is 0.321. The first-order valence-corrected chi connectivity index (χ1v) is 8.43. The van der Waals surface area contributed by atoms with Crippen LogP contribution in [0.5, 0.6) is 0 Å². The third-order valence-electron chi connectivity index (χ3n) is 5.06. The van der Waals surface area contributed by atoms with Crippen LogP contribution in [0.15, 0.2) is 4.52 Å². The highest BCUT2D eigenvalue weighted by molar-refractivity contribution is 5.03. The Hall–Kier alpha value is -0.900. The van der Waals surface area contributed by atoms with Gasteiger partial charge in [0.1, 0.15) is 0 Å². The average molecular weight is 277 g/mol. The van der Waals surface area contributed by atoms with Crippen molar-refractivity contribution >= 4 is 0 Å². The van der Waals surface area contributed by atoms with Crippen molar-refractivity contribution in [1.82, 2.24) is 10.1 Å². The Kier molecular flexibility index (Phi) is 4.71. The van der Waals surface area contributed by atoms with E-state index in [2.05, 4.69) is 5.16 Å². The van der Waals surface area contributed by atoms with Gasteiger partial charge >= 0.3 is 0 Å². The van der Waals surface area contributed by atoms with Crippen molar-refractivity contribution < 1.29 is 4.52 Å². The minimum Gasteiger partial charge on any atom is -0.339 e. The van der Waals surface area contributed by atoms with E-state index in [4.69, 9.17) is 15.2 Å². The Bertz CT molecular complexity index is 410. The minimum absolute atomic E-state index is 0.194. The summed E-state index contributed by atoms with van der Waals surface area (Å²) in [4.78, 5) is 4.73. The lowest BCUT2D eigenvalue weighted by Gasteiger charge is -2.16. The van der Waals surface area contributed by atoms with Crippen molar-refractivity contribution in [2.45, 2.75) is 88.5 Å². The standard InChI is InChI=1S/C16H27N3O/c17-14-11-7-3-6-10-13(14)16-18-15(19-20-16)12-8-4-1-2-5-9-12/h12-14H,1-11,17H2. The molecular weight excluding hydrogens is 250 g/mol. The van der Waals surface area contributed by atoms with Gasteiger partial charge in [-0.2, -0.15) is 4.98 Å². The van der Waals surface area contributed by atoms with Crippen molar-refractivity contribution in [2.75, 3.05) is 0 Å². The lowest BCUT2D eigenvalue weighted by atomic mass is 9.95. The van der Waals surface area contributed by atoms with Gasteiger partial charge in [0.05, 0.1) is 5.92 Å². The van der Waals surface area contributed by atoms with E-state index < -0.39 is 0 Å². The van der Waals surface area contributed by atoms with Gasteiger partial charge < -0.3 is 10.3 Å². The van der Waals surface area contributed by atoms with Gasteiger partial charge in [0.15, 0.2) is 5.82 Å². The van der Waals surface area contributed by atoms with E-state index in [1.807, 2.05) is 0 Å². The maximum Gasteiger partial charge on any atom is 0.231 e. The second kappa shape index (κ2) is 6.70. The van der Waals surface area contributed by atoms with Gasteiger partial charge in [0.25, 0.3) is 0 Å². The van der Waals surface area contributed by atoms with Crippen LogP contribution in [0.1, 0.15) is 94.2 Å². The zero-order valence-corrected chi connectivity index (χ0v) is 12.4. The highest BCUT2D eigenvalue weighted by Crippen LogP contribution is 2.33. The molecule has 0 aliphatic heterocycles. The SMILES string of the molecule is NC1CCCCCC1c1nc(C2CCCCCC2)no1. The van der Waals surface area contributed by atoms with Crippen molar-refractivity contribution in [3.05, 3.63) is 11.7 Å².